The molecule has 1 heterocycles. The number of hydrogen-bond acceptors (Lipinski definition) is 2. The van der Waals surface area contributed by atoms with Crippen LogP contribution in [0.15, 0.2) is 24.3 Å². The van der Waals surface area contributed by atoms with Crippen LogP contribution in [0.2, 0.25) is 5.02 Å². The van der Waals surface area contributed by atoms with E-state index < -0.39 is 0 Å². The van der Waals surface area contributed by atoms with Crippen molar-refractivity contribution in [2.24, 2.45) is 0 Å². The molecule has 0 unspecified atom stereocenters. The zero-order valence-electron chi connectivity index (χ0n) is 8.87. The van der Waals surface area contributed by atoms with Crippen LogP contribution in [0, 0.1) is 0 Å². The van der Waals surface area contributed by atoms with Gasteiger partial charge in [0.15, 0.2) is 0 Å². The summed E-state index contributed by atoms with van der Waals surface area (Å²) in [5.74, 6) is 0. The monoisotopic (exact) mass is 225 g/mol. The minimum Gasteiger partial charge on any atom is -0.377 e. The highest BCUT2D eigenvalue weighted by atomic mass is 35.5. The first-order valence-corrected chi connectivity index (χ1v) is 5.73. The molecule has 15 heavy (non-hydrogen) atoms. The molecule has 0 spiro atoms. The van der Waals surface area contributed by atoms with Gasteiger partial charge in [-0.25, -0.2) is 0 Å². The van der Waals surface area contributed by atoms with Gasteiger partial charge in [0.25, 0.3) is 0 Å². The van der Waals surface area contributed by atoms with E-state index in [0.29, 0.717) is 12.1 Å². The fourth-order valence-corrected chi connectivity index (χ4v) is 1.98. The van der Waals surface area contributed by atoms with Gasteiger partial charge in [0, 0.05) is 24.2 Å². The number of nitrogens with one attached hydrogen (secondary N) is 1. The van der Waals surface area contributed by atoms with Crippen molar-refractivity contribution >= 4 is 11.6 Å². The van der Waals surface area contributed by atoms with Gasteiger partial charge in [-0.15, -0.1) is 0 Å². The van der Waals surface area contributed by atoms with Crippen LogP contribution in [0.5, 0.6) is 0 Å². The Hall–Kier alpha value is -0.570. The van der Waals surface area contributed by atoms with E-state index in [4.69, 9.17) is 16.3 Å². The number of rotatable bonds is 3. The van der Waals surface area contributed by atoms with Crippen molar-refractivity contribution in [2.45, 2.75) is 32.0 Å². The van der Waals surface area contributed by atoms with Crippen LogP contribution < -0.4 is 5.32 Å². The van der Waals surface area contributed by atoms with Crippen molar-refractivity contribution in [3.8, 4) is 0 Å². The van der Waals surface area contributed by atoms with Gasteiger partial charge in [0.1, 0.15) is 0 Å². The average Bonchev–Trinajstić information content (AvgIpc) is 2.63. The molecule has 0 bridgehead atoms. The Morgan fingerprint density at radius 3 is 2.73 bits per heavy atom. The minimum absolute atomic E-state index is 0.331. The molecule has 0 aliphatic carbocycles. The van der Waals surface area contributed by atoms with Gasteiger partial charge in [0.2, 0.25) is 0 Å². The van der Waals surface area contributed by atoms with Gasteiger partial charge < -0.3 is 10.1 Å². The Labute approximate surface area is 95.6 Å². The second-order valence-corrected chi connectivity index (χ2v) is 4.41. The van der Waals surface area contributed by atoms with E-state index in [1.54, 1.807) is 0 Å². The molecule has 1 aliphatic heterocycles. The Morgan fingerprint density at radius 2 is 2.13 bits per heavy atom. The molecular weight excluding hydrogens is 210 g/mol. The zero-order valence-corrected chi connectivity index (χ0v) is 9.63. The second kappa shape index (κ2) is 4.97. The highest BCUT2D eigenvalue weighted by molar-refractivity contribution is 6.30. The predicted molar refractivity (Wildman–Crippen MR) is 62.1 cm³/mol. The second-order valence-electron chi connectivity index (χ2n) is 3.98. The summed E-state index contributed by atoms with van der Waals surface area (Å²) >= 11 is 5.82. The molecule has 82 valence electrons. The lowest BCUT2D eigenvalue weighted by Gasteiger charge is -2.15. The lowest BCUT2D eigenvalue weighted by Crippen LogP contribution is -2.34. The Morgan fingerprint density at radius 1 is 1.40 bits per heavy atom. The standard InChI is InChI=1S/C12H16ClNO/c1-9-12(6-7-15-9)14-8-10-2-4-11(13)5-3-10/h2-5,9,12,14H,6-8H2,1H3/t9-,12+/m1/s1. The Balaban J connectivity index is 1.85. The molecule has 1 aromatic carbocycles. The van der Waals surface area contributed by atoms with E-state index in [-0.39, 0.29) is 0 Å². The van der Waals surface area contributed by atoms with Crippen LogP contribution in [0.25, 0.3) is 0 Å². The normalized spacial score (nSPS) is 25.7. The summed E-state index contributed by atoms with van der Waals surface area (Å²) in [6.07, 6.45) is 1.44. The van der Waals surface area contributed by atoms with Crippen LogP contribution in [0.4, 0.5) is 0 Å². The molecule has 0 amide bonds. The van der Waals surface area contributed by atoms with E-state index >= 15 is 0 Å². The third-order valence-electron chi connectivity index (χ3n) is 2.86. The third kappa shape index (κ3) is 2.94. The van der Waals surface area contributed by atoms with Crippen molar-refractivity contribution < 1.29 is 4.74 Å². The van der Waals surface area contributed by atoms with Crippen molar-refractivity contribution in [2.75, 3.05) is 6.61 Å². The van der Waals surface area contributed by atoms with Gasteiger partial charge >= 0.3 is 0 Å². The van der Waals surface area contributed by atoms with Gasteiger partial charge in [-0.05, 0) is 31.0 Å². The molecule has 2 nitrogen and oxygen atoms in total. The number of halogens is 1. The molecule has 0 saturated carbocycles. The lowest BCUT2D eigenvalue weighted by atomic mass is 10.1. The summed E-state index contributed by atoms with van der Waals surface area (Å²) in [5.41, 5.74) is 1.26. The van der Waals surface area contributed by atoms with Crippen molar-refractivity contribution in [1.29, 1.82) is 0 Å². The van der Waals surface area contributed by atoms with Crippen LogP contribution in [-0.4, -0.2) is 18.8 Å². The van der Waals surface area contributed by atoms with Crippen molar-refractivity contribution in [3.05, 3.63) is 34.9 Å². The maximum atomic E-state index is 5.82. The Kier molecular flexibility index (Phi) is 3.62. The molecule has 3 heteroatoms. The highest BCUT2D eigenvalue weighted by Crippen LogP contribution is 2.14. The van der Waals surface area contributed by atoms with E-state index in [1.165, 1.54) is 5.56 Å². The molecule has 0 radical (unpaired) electrons. The topological polar surface area (TPSA) is 21.3 Å². The maximum absolute atomic E-state index is 5.82. The Bertz CT molecular complexity index is 312. The fraction of sp³-hybridized carbons (Fsp3) is 0.500. The minimum atomic E-state index is 0.331. The van der Waals surface area contributed by atoms with Gasteiger partial charge in [0.05, 0.1) is 6.10 Å². The van der Waals surface area contributed by atoms with Crippen molar-refractivity contribution in [1.82, 2.24) is 5.32 Å². The predicted octanol–water partition coefficient (Wildman–Crippen LogP) is 2.61. The lowest BCUT2D eigenvalue weighted by molar-refractivity contribution is 0.113. The fourth-order valence-electron chi connectivity index (χ4n) is 1.85. The highest BCUT2D eigenvalue weighted by Gasteiger charge is 2.23. The molecule has 0 aromatic heterocycles. The summed E-state index contributed by atoms with van der Waals surface area (Å²) in [6, 6.07) is 8.44. The molecule has 1 fully saturated rings. The van der Waals surface area contributed by atoms with Crippen LogP contribution in [0.1, 0.15) is 18.9 Å². The molecule has 1 N–H and O–H groups in total. The van der Waals surface area contributed by atoms with E-state index in [9.17, 15) is 0 Å². The maximum Gasteiger partial charge on any atom is 0.0700 e. The first-order chi connectivity index (χ1) is 7.25. The summed E-state index contributed by atoms with van der Waals surface area (Å²) in [6.45, 7) is 3.88. The number of benzene rings is 1. The number of ether oxygens (including phenoxy) is 1. The third-order valence-corrected chi connectivity index (χ3v) is 3.11. The molecule has 1 saturated heterocycles. The van der Waals surface area contributed by atoms with E-state index in [1.807, 2.05) is 12.1 Å². The molecule has 1 aromatic rings. The first-order valence-electron chi connectivity index (χ1n) is 5.35. The van der Waals surface area contributed by atoms with Crippen LogP contribution in [0.3, 0.4) is 0 Å². The van der Waals surface area contributed by atoms with Gasteiger partial charge in [-0.1, -0.05) is 23.7 Å². The molecule has 2 rings (SSSR count). The van der Waals surface area contributed by atoms with Crippen LogP contribution >= 0.6 is 11.6 Å². The van der Waals surface area contributed by atoms with Crippen LogP contribution in [-0.2, 0) is 11.3 Å². The molecule has 2 atom stereocenters. The summed E-state index contributed by atoms with van der Waals surface area (Å²) in [7, 11) is 0. The summed E-state index contributed by atoms with van der Waals surface area (Å²) in [4.78, 5) is 0. The van der Waals surface area contributed by atoms with E-state index in [2.05, 4.69) is 24.4 Å². The van der Waals surface area contributed by atoms with Gasteiger partial charge in [-0.2, -0.15) is 0 Å². The smallest absolute Gasteiger partial charge is 0.0700 e. The van der Waals surface area contributed by atoms with Gasteiger partial charge in [-0.3, -0.25) is 0 Å². The molecular formula is C12H16ClNO. The zero-order chi connectivity index (χ0) is 10.7. The van der Waals surface area contributed by atoms with E-state index in [0.717, 1.165) is 24.6 Å². The largest absolute Gasteiger partial charge is 0.377 e. The summed E-state index contributed by atoms with van der Waals surface area (Å²) in [5, 5.41) is 4.29. The average molecular weight is 226 g/mol. The first kappa shape index (κ1) is 10.9. The van der Waals surface area contributed by atoms with Crippen molar-refractivity contribution in [3.63, 3.8) is 0 Å². The quantitative estimate of drug-likeness (QED) is 0.854. The SMILES string of the molecule is C[C@H]1OCC[C@@H]1NCc1ccc(Cl)cc1. The number of hydrogen-bond donors (Lipinski definition) is 1. The summed E-state index contributed by atoms with van der Waals surface area (Å²) < 4.78 is 5.49. The molecule has 1 aliphatic rings.